The molecule has 1 aliphatic carbocycles. The first-order valence-electron chi connectivity index (χ1n) is 8.78. The van der Waals surface area contributed by atoms with Crippen LogP contribution in [-0.4, -0.2) is 23.9 Å². The van der Waals surface area contributed by atoms with Crippen molar-refractivity contribution in [2.45, 2.75) is 51.5 Å². The SMILES string of the molecule is Cc1ccc(C2CCCCN2C(=O)[C@@H]2CCC[C@@H]2CN)cc1.Cl. The first-order chi connectivity index (χ1) is 10.7. The van der Waals surface area contributed by atoms with E-state index in [1.54, 1.807) is 0 Å². The van der Waals surface area contributed by atoms with Crippen LogP contribution in [0.25, 0.3) is 0 Å². The molecule has 2 aliphatic rings. The molecule has 3 atom stereocenters. The fraction of sp³-hybridized carbons (Fsp3) is 0.632. The second-order valence-electron chi connectivity index (χ2n) is 6.99. The summed E-state index contributed by atoms with van der Waals surface area (Å²) in [6, 6.07) is 8.97. The molecule has 1 unspecified atom stereocenters. The van der Waals surface area contributed by atoms with E-state index in [-0.39, 0.29) is 24.4 Å². The van der Waals surface area contributed by atoms with Crippen molar-refractivity contribution in [1.29, 1.82) is 0 Å². The van der Waals surface area contributed by atoms with Crippen LogP contribution >= 0.6 is 12.4 Å². The molecule has 2 fully saturated rings. The van der Waals surface area contributed by atoms with Gasteiger partial charge in [0.25, 0.3) is 0 Å². The molecule has 0 aromatic heterocycles. The van der Waals surface area contributed by atoms with Gasteiger partial charge in [-0.05, 0) is 57.1 Å². The average molecular weight is 337 g/mol. The predicted octanol–water partition coefficient (Wildman–Crippen LogP) is 3.85. The summed E-state index contributed by atoms with van der Waals surface area (Å²) in [7, 11) is 0. The van der Waals surface area contributed by atoms with Crippen molar-refractivity contribution < 1.29 is 4.79 Å². The first kappa shape index (κ1) is 18.3. The molecule has 23 heavy (non-hydrogen) atoms. The lowest BCUT2D eigenvalue weighted by atomic mass is 9.90. The fourth-order valence-electron chi connectivity index (χ4n) is 4.19. The second-order valence-corrected chi connectivity index (χ2v) is 6.99. The minimum absolute atomic E-state index is 0. The van der Waals surface area contributed by atoms with Crippen LogP contribution in [0.4, 0.5) is 0 Å². The van der Waals surface area contributed by atoms with Gasteiger partial charge in [0.05, 0.1) is 6.04 Å². The van der Waals surface area contributed by atoms with Gasteiger partial charge in [0.15, 0.2) is 0 Å². The Bertz CT molecular complexity index is 517. The Hall–Kier alpha value is -1.06. The summed E-state index contributed by atoms with van der Waals surface area (Å²) >= 11 is 0. The van der Waals surface area contributed by atoms with Crippen LogP contribution in [0.15, 0.2) is 24.3 Å². The topological polar surface area (TPSA) is 46.3 Å². The van der Waals surface area contributed by atoms with Crippen molar-refractivity contribution in [3.8, 4) is 0 Å². The van der Waals surface area contributed by atoms with Gasteiger partial charge >= 0.3 is 0 Å². The average Bonchev–Trinajstić information content (AvgIpc) is 3.03. The highest BCUT2D eigenvalue weighted by Crippen LogP contribution is 2.37. The largest absolute Gasteiger partial charge is 0.335 e. The molecule has 3 rings (SSSR count). The monoisotopic (exact) mass is 336 g/mol. The van der Waals surface area contributed by atoms with Crippen LogP contribution in [0.1, 0.15) is 55.7 Å². The Balaban J connectivity index is 0.00000192. The third-order valence-corrected chi connectivity index (χ3v) is 5.53. The zero-order valence-electron chi connectivity index (χ0n) is 14.0. The molecular formula is C19H29ClN2O. The van der Waals surface area contributed by atoms with Crippen molar-refractivity contribution in [3.63, 3.8) is 0 Å². The lowest BCUT2D eigenvalue weighted by molar-refractivity contribution is -0.140. The summed E-state index contributed by atoms with van der Waals surface area (Å²) in [5.41, 5.74) is 8.45. The van der Waals surface area contributed by atoms with Gasteiger partial charge in [-0.15, -0.1) is 12.4 Å². The maximum absolute atomic E-state index is 13.1. The Morgan fingerprint density at radius 3 is 2.57 bits per heavy atom. The number of piperidine rings is 1. The molecule has 0 radical (unpaired) electrons. The summed E-state index contributed by atoms with van der Waals surface area (Å²) in [6.07, 6.45) is 6.74. The number of likely N-dealkylation sites (tertiary alicyclic amines) is 1. The molecule has 0 spiro atoms. The maximum Gasteiger partial charge on any atom is 0.226 e. The van der Waals surface area contributed by atoms with Crippen LogP contribution in [0.5, 0.6) is 0 Å². The Kier molecular flexibility index (Phi) is 6.49. The van der Waals surface area contributed by atoms with Gasteiger partial charge in [-0.1, -0.05) is 36.2 Å². The van der Waals surface area contributed by atoms with E-state index in [1.807, 2.05) is 0 Å². The van der Waals surface area contributed by atoms with Crippen molar-refractivity contribution in [2.24, 2.45) is 17.6 Å². The zero-order chi connectivity index (χ0) is 15.5. The molecular weight excluding hydrogens is 308 g/mol. The molecule has 4 heteroatoms. The summed E-state index contributed by atoms with van der Waals surface area (Å²) < 4.78 is 0. The molecule has 2 N–H and O–H groups in total. The number of nitrogens with two attached hydrogens (primary N) is 1. The summed E-state index contributed by atoms with van der Waals surface area (Å²) in [5.74, 6) is 0.919. The first-order valence-corrected chi connectivity index (χ1v) is 8.78. The molecule has 0 bridgehead atoms. The third-order valence-electron chi connectivity index (χ3n) is 5.53. The number of carbonyl (C=O) groups is 1. The molecule has 1 saturated carbocycles. The number of benzene rings is 1. The van der Waals surface area contributed by atoms with Gasteiger partial charge < -0.3 is 10.6 Å². The molecule has 3 nitrogen and oxygen atoms in total. The number of rotatable bonds is 3. The molecule has 1 amide bonds. The Morgan fingerprint density at radius 1 is 1.13 bits per heavy atom. The van der Waals surface area contributed by atoms with Gasteiger partial charge in [0, 0.05) is 12.5 Å². The lowest BCUT2D eigenvalue weighted by Gasteiger charge is -2.38. The van der Waals surface area contributed by atoms with E-state index in [1.165, 1.54) is 17.5 Å². The van der Waals surface area contributed by atoms with Crippen LogP contribution in [0.2, 0.25) is 0 Å². The summed E-state index contributed by atoms with van der Waals surface area (Å²) in [5, 5.41) is 0. The number of carbonyl (C=O) groups excluding carboxylic acids is 1. The minimum Gasteiger partial charge on any atom is -0.335 e. The Labute approximate surface area is 146 Å². The molecule has 1 aliphatic heterocycles. The van der Waals surface area contributed by atoms with E-state index >= 15 is 0 Å². The van der Waals surface area contributed by atoms with Crippen LogP contribution in [0, 0.1) is 18.8 Å². The van der Waals surface area contributed by atoms with E-state index < -0.39 is 0 Å². The number of halogens is 1. The van der Waals surface area contributed by atoms with E-state index in [4.69, 9.17) is 5.73 Å². The lowest BCUT2D eigenvalue weighted by Crippen LogP contribution is -2.43. The quantitative estimate of drug-likeness (QED) is 0.911. The zero-order valence-corrected chi connectivity index (χ0v) is 14.9. The van der Waals surface area contributed by atoms with Crippen molar-refractivity contribution in [3.05, 3.63) is 35.4 Å². The highest BCUT2D eigenvalue weighted by atomic mass is 35.5. The standard InChI is InChI=1S/C19H28N2O.ClH/c1-14-8-10-15(11-9-14)18-7-2-3-12-21(18)19(22)17-6-4-5-16(17)13-20;/h8-11,16-18H,2-7,12-13,20H2,1H3;1H/t16-,17-,18?;/m1./s1. The molecule has 1 aromatic carbocycles. The van der Waals surface area contributed by atoms with E-state index in [9.17, 15) is 4.79 Å². The number of hydrogen-bond donors (Lipinski definition) is 1. The van der Waals surface area contributed by atoms with Crippen LogP contribution in [0.3, 0.4) is 0 Å². The maximum atomic E-state index is 13.1. The van der Waals surface area contributed by atoms with E-state index in [2.05, 4.69) is 36.1 Å². The number of nitrogens with zero attached hydrogens (tertiary/aromatic N) is 1. The summed E-state index contributed by atoms with van der Waals surface area (Å²) in [6.45, 7) is 3.67. The predicted molar refractivity (Wildman–Crippen MR) is 96.6 cm³/mol. The summed E-state index contributed by atoms with van der Waals surface area (Å²) in [4.78, 5) is 15.3. The van der Waals surface area contributed by atoms with Gasteiger partial charge in [0.1, 0.15) is 0 Å². The van der Waals surface area contributed by atoms with Gasteiger partial charge in [-0.25, -0.2) is 0 Å². The third kappa shape index (κ3) is 3.89. The number of hydrogen-bond acceptors (Lipinski definition) is 2. The molecule has 1 aromatic rings. The minimum atomic E-state index is 0. The molecule has 1 heterocycles. The number of aryl methyl sites for hydroxylation is 1. The van der Waals surface area contributed by atoms with Gasteiger partial charge in [-0.3, -0.25) is 4.79 Å². The highest BCUT2D eigenvalue weighted by molar-refractivity contribution is 5.85. The second kappa shape index (κ2) is 8.16. The van der Waals surface area contributed by atoms with Crippen molar-refractivity contribution >= 4 is 18.3 Å². The van der Waals surface area contributed by atoms with Crippen LogP contribution < -0.4 is 5.73 Å². The van der Waals surface area contributed by atoms with Crippen LogP contribution in [-0.2, 0) is 4.79 Å². The molecule has 128 valence electrons. The smallest absolute Gasteiger partial charge is 0.226 e. The fourth-order valence-corrected chi connectivity index (χ4v) is 4.19. The van der Waals surface area contributed by atoms with Gasteiger partial charge in [-0.2, -0.15) is 0 Å². The van der Waals surface area contributed by atoms with Crippen molar-refractivity contribution in [2.75, 3.05) is 13.1 Å². The highest BCUT2D eigenvalue weighted by Gasteiger charge is 2.38. The van der Waals surface area contributed by atoms with Crippen molar-refractivity contribution in [1.82, 2.24) is 4.90 Å². The number of amides is 1. The van der Waals surface area contributed by atoms with E-state index in [0.717, 1.165) is 38.6 Å². The normalized spacial score (nSPS) is 27.6. The van der Waals surface area contributed by atoms with E-state index in [0.29, 0.717) is 18.4 Å². The Morgan fingerprint density at radius 2 is 1.87 bits per heavy atom. The molecule has 1 saturated heterocycles. The van der Waals surface area contributed by atoms with Gasteiger partial charge in [0.2, 0.25) is 5.91 Å².